The Kier molecular flexibility index (Phi) is 7.47. The third kappa shape index (κ3) is 4.14. The van der Waals surface area contributed by atoms with Gasteiger partial charge in [0.1, 0.15) is 18.2 Å². The number of carbonyl (C=O) groups is 2. The van der Waals surface area contributed by atoms with Crippen molar-refractivity contribution in [2.45, 2.75) is 103 Å². The van der Waals surface area contributed by atoms with Gasteiger partial charge in [-0.15, -0.1) is 0 Å². The van der Waals surface area contributed by atoms with Gasteiger partial charge < -0.3 is 25.6 Å². The number of hydrogen-bond donors (Lipinski definition) is 3. The number of quaternary nitrogens is 1. The fraction of sp³-hybridized carbons (Fsp3) is 0.926. The molecule has 9 heteroatoms. The zero-order chi connectivity index (χ0) is 26.5. The molecule has 0 aliphatic heterocycles. The second kappa shape index (κ2) is 9.86. The van der Waals surface area contributed by atoms with Crippen LogP contribution in [0.25, 0.3) is 0 Å². The van der Waals surface area contributed by atoms with E-state index in [0.29, 0.717) is 24.2 Å². The number of amides is 1. The first-order valence-corrected chi connectivity index (χ1v) is 13.8. The molecular formula is C27H46N3O6+. The van der Waals surface area contributed by atoms with Crippen molar-refractivity contribution in [3.63, 3.8) is 0 Å². The van der Waals surface area contributed by atoms with E-state index in [-0.39, 0.29) is 47.4 Å². The summed E-state index contributed by atoms with van der Waals surface area (Å²) in [5, 5.41) is 17.3. The van der Waals surface area contributed by atoms with Gasteiger partial charge in [-0.1, -0.05) is 32.9 Å². The first kappa shape index (κ1) is 27.3. The van der Waals surface area contributed by atoms with E-state index in [2.05, 4.69) is 24.3 Å². The highest BCUT2D eigenvalue weighted by Gasteiger charge is 2.73. The lowest BCUT2D eigenvalue weighted by Crippen LogP contribution is -2.86. The molecule has 0 radical (unpaired) electrons. The number of nitroso groups, excluding NO2 is 1. The third-order valence-electron chi connectivity index (χ3n) is 11.3. The summed E-state index contributed by atoms with van der Waals surface area (Å²) in [6, 6.07) is -0.328. The molecule has 5 N–H and O–H groups in total. The Labute approximate surface area is 214 Å². The van der Waals surface area contributed by atoms with Crippen molar-refractivity contribution in [1.82, 2.24) is 5.32 Å². The molecule has 4 fully saturated rings. The Morgan fingerprint density at radius 1 is 1.11 bits per heavy atom. The maximum absolute atomic E-state index is 12.6. The standard InChI is InChI=1S/C27H45N3O6/c1-15(2)21(14-29-34)30-24(33)36-17-8-10-25(3)16(12-17)6-7-18-20(25)13-22(31)26(4)19(23(32)35-5)9-11-27(18,26)28/h15-22,31H,6-14,28H2,1-5H3,(H,30,33)/p+1/t16-,17+,18?,19-,20?,21+,22?,25+,26+,27+/m1/s1. The monoisotopic (exact) mass is 508 g/mol. The normalized spacial score (nSPS) is 44.6. The number of nitrogens with one attached hydrogen (secondary N) is 1. The van der Waals surface area contributed by atoms with Crippen LogP contribution in [-0.4, -0.2) is 54.6 Å². The number of aliphatic hydroxyl groups excluding tert-OH is 1. The number of carbonyl (C=O) groups excluding carboxylic acids is 2. The number of hydrogen-bond acceptors (Lipinski definition) is 7. The lowest BCUT2D eigenvalue weighted by molar-refractivity contribution is -0.537. The van der Waals surface area contributed by atoms with Crippen molar-refractivity contribution >= 4 is 12.1 Å². The van der Waals surface area contributed by atoms with Crippen LogP contribution in [0.3, 0.4) is 0 Å². The van der Waals surface area contributed by atoms with E-state index < -0.39 is 17.6 Å². The van der Waals surface area contributed by atoms with Gasteiger partial charge in [0.05, 0.1) is 30.6 Å². The molecule has 0 bridgehead atoms. The molecule has 0 heterocycles. The lowest BCUT2D eigenvalue weighted by atomic mass is 9.42. The van der Waals surface area contributed by atoms with Gasteiger partial charge in [-0.05, 0) is 68.1 Å². The first-order chi connectivity index (χ1) is 16.9. The van der Waals surface area contributed by atoms with E-state index >= 15 is 0 Å². The fourth-order valence-corrected chi connectivity index (χ4v) is 8.86. The molecule has 0 aromatic rings. The summed E-state index contributed by atoms with van der Waals surface area (Å²) >= 11 is 0. The minimum absolute atomic E-state index is 0.0338. The lowest BCUT2D eigenvalue weighted by Gasteiger charge is -2.63. The van der Waals surface area contributed by atoms with E-state index in [1.54, 1.807) is 0 Å². The molecule has 4 aliphatic carbocycles. The maximum Gasteiger partial charge on any atom is 0.407 e. The topological polar surface area (TPSA) is 142 Å². The number of ether oxygens (including phenoxy) is 2. The second-order valence-corrected chi connectivity index (χ2v) is 12.9. The van der Waals surface area contributed by atoms with E-state index in [1.165, 1.54) is 7.11 Å². The largest absolute Gasteiger partial charge is 0.469 e. The molecule has 10 atom stereocenters. The SMILES string of the molecule is COC(=O)[C@H]1CC[C@]2([NH3+])C3CC[C@@H]4C[C@@H](OC(=O)N[C@@H](CN=O)C(C)C)CC[C@]4(C)C3CC(O)[C@]12C. The summed E-state index contributed by atoms with van der Waals surface area (Å²) in [6.07, 6.45) is 5.59. The van der Waals surface area contributed by atoms with Crippen molar-refractivity contribution in [2.24, 2.45) is 45.6 Å². The number of rotatable bonds is 6. The van der Waals surface area contributed by atoms with E-state index in [1.807, 2.05) is 13.8 Å². The zero-order valence-corrected chi connectivity index (χ0v) is 22.6. The third-order valence-corrected chi connectivity index (χ3v) is 11.3. The predicted octanol–water partition coefficient (Wildman–Crippen LogP) is 3.04. The summed E-state index contributed by atoms with van der Waals surface area (Å²) in [5.74, 6) is 0.638. The number of esters is 1. The molecule has 0 saturated heterocycles. The van der Waals surface area contributed by atoms with Gasteiger partial charge in [-0.2, -0.15) is 4.91 Å². The minimum Gasteiger partial charge on any atom is -0.469 e. The number of aliphatic hydroxyl groups is 1. The second-order valence-electron chi connectivity index (χ2n) is 12.9. The number of methoxy groups -OCH3 is 1. The summed E-state index contributed by atoms with van der Waals surface area (Å²) in [5.41, 5.74) is 3.88. The van der Waals surface area contributed by atoms with Gasteiger partial charge in [0.15, 0.2) is 0 Å². The van der Waals surface area contributed by atoms with Gasteiger partial charge in [0, 0.05) is 12.3 Å². The average Bonchev–Trinajstić information content (AvgIpc) is 3.12. The van der Waals surface area contributed by atoms with Gasteiger partial charge in [-0.25, -0.2) is 4.79 Å². The van der Waals surface area contributed by atoms with Gasteiger partial charge >= 0.3 is 12.1 Å². The predicted molar refractivity (Wildman–Crippen MR) is 133 cm³/mol. The van der Waals surface area contributed by atoms with Crippen LogP contribution in [0.2, 0.25) is 0 Å². The molecule has 0 aromatic heterocycles. The fourth-order valence-electron chi connectivity index (χ4n) is 8.86. The minimum atomic E-state index is -0.599. The number of fused-ring (bicyclic) bond motifs is 5. The van der Waals surface area contributed by atoms with Crippen LogP contribution in [0.15, 0.2) is 5.18 Å². The van der Waals surface area contributed by atoms with Crippen molar-refractivity contribution in [2.75, 3.05) is 13.7 Å². The van der Waals surface area contributed by atoms with Crippen LogP contribution < -0.4 is 11.1 Å². The van der Waals surface area contributed by atoms with Crippen LogP contribution in [0.5, 0.6) is 0 Å². The Bertz CT molecular complexity index is 868. The summed E-state index contributed by atoms with van der Waals surface area (Å²) in [6.45, 7) is 8.35. The maximum atomic E-state index is 12.6. The highest BCUT2D eigenvalue weighted by atomic mass is 16.6. The molecule has 9 nitrogen and oxygen atoms in total. The molecule has 4 saturated carbocycles. The number of nitrogens with zero attached hydrogens (tertiary/aromatic N) is 1. The molecule has 4 rings (SSSR count). The van der Waals surface area contributed by atoms with Crippen molar-refractivity contribution in [3.05, 3.63) is 4.91 Å². The van der Waals surface area contributed by atoms with Crippen molar-refractivity contribution in [3.8, 4) is 0 Å². The van der Waals surface area contributed by atoms with E-state index in [4.69, 9.17) is 15.2 Å². The zero-order valence-electron chi connectivity index (χ0n) is 22.6. The molecule has 0 spiro atoms. The summed E-state index contributed by atoms with van der Waals surface area (Å²) in [7, 11) is 1.43. The van der Waals surface area contributed by atoms with Crippen LogP contribution in [0.4, 0.5) is 4.79 Å². The van der Waals surface area contributed by atoms with Gasteiger partial charge in [0.25, 0.3) is 0 Å². The van der Waals surface area contributed by atoms with Crippen LogP contribution in [0.1, 0.15) is 79.1 Å². The van der Waals surface area contributed by atoms with E-state index in [9.17, 15) is 19.6 Å². The number of alkyl carbamates (subject to hydrolysis) is 1. The highest BCUT2D eigenvalue weighted by Crippen LogP contribution is 2.67. The Morgan fingerprint density at radius 2 is 1.83 bits per heavy atom. The molecule has 36 heavy (non-hydrogen) atoms. The highest BCUT2D eigenvalue weighted by molar-refractivity contribution is 5.74. The summed E-state index contributed by atoms with van der Waals surface area (Å²) in [4.78, 5) is 35.9. The van der Waals surface area contributed by atoms with Crippen molar-refractivity contribution in [1.29, 1.82) is 0 Å². The van der Waals surface area contributed by atoms with E-state index in [0.717, 1.165) is 44.9 Å². The average molecular weight is 509 g/mol. The Hall–Kier alpha value is -1.74. The molecule has 0 aromatic carbocycles. The Morgan fingerprint density at radius 3 is 2.47 bits per heavy atom. The molecular weight excluding hydrogens is 462 g/mol. The molecule has 204 valence electrons. The smallest absolute Gasteiger partial charge is 0.407 e. The molecule has 3 unspecified atom stereocenters. The van der Waals surface area contributed by atoms with Crippen LogP contribution in [0, 0.1) is 45.3 Å². The summed E-state index contributed by atoms with van der Waals surface area (Å²) < 4.78 is 11.0. The molecule has 1 amide bonds. The van der Waals surface area contributed by atoms with Gasteiger partial charge in [-0.3, -0.25) is 4.79 Å². The van der Waals surface area contributed by atoms with Crippen molar-refractivity contribution < 1.29 is 29.9 Å². The quantitative estimate of drug-likeness (QED) is 0.372. The molecule has 4 aliphatic rings. The van der Waals surface area contributed by atoms with Gasteiger partial charge in [0.2, 0.25) is 0 Å². The van der Waals surface area contributed by atoms with Crippen LogP contribution in [-0.2, 0) is 14.3 Å². The van der Waals surface area contributed by atoms with Crippen LogP contribution >= 0.6 is 0 Å². The first-order valence-electron chi connectivity index (χ1n) is 13.8. The Balaban J connectivity index is 1.46.